The van der Waals surface area contributed by atoms with Crippen molar-refractivity contribution in [3.8, 4) is 0 Å². The monoisotopic (exact) mass is 239 g/mol. The lowest BCUT2D eigenvalue weighted by Crippen LogP contribution is -2.27. The summed E-state index contributed by atoms with van der Waals surface area (Å²) in [4.78, 5) is 1.32. The first-order valence-electron chi connectivity index (χ1n) is 5.82. The van der Waals surface area contributed by atoms with Crippen molar-refractivity contribution >= 4 is 11.8 Å². The number of rotatable bonds is 8. The Morgan fingerprint density at radius 1 is 1.25 bits per heavy atom. The fourth-order valence-corrected chi connectivity index (χ4v) is 2.60. The first-order valence-corrected chi connectivity index (χ1v) is 6.81. The molecule has 0 spiro atoms. The van der Waals surface area contributed by atoms with Crippen LogP contribution in [0.2, 0.25) is 0 Å². The Labute approximate surface area is 102 Å². The van der Waals surface area contributed by atoms with E-state index < -0.39 is 0 Å². The summed E-state index contributed by atoms with van der Waals surface area (Å²) in [6, 6.07) is 11.0. The molecule has 1 atom stereocenters. The van der Waals surface area contributed by atoms with Gasteiger partial charge in [0.1, 0.15) is 0 Å². The van der Waals surface area contributed by atoms with E-state index in [1.807, 2.05) is 24.9 Å². The highest BCUT2D eigenvalue weighted by molar-refractivity contribution is 7.99. The molecule has 0 aromatic heterocycles. The Kier molecular flexibility index (Phi) is 7.30. The second-order valence-electron chi connectivity index (χ2n) is 3.83. The molecule has 0 fully saturated rings. The molecule has 0 bridgehead atoms. The maximum atomic E-state index is 8.73. The van der Waals surface area contributed by atoms with Crippen molar-refractivity contribution in [2.45, 2.75) is 30.2 Å². The fourth-order valence-electron chi connectivity index (χ4n) is 1.53. The third-order valence-corrected chi connectivity index (χ3v) is 3.74. The van der Waals surface area contributed by atoms with Gasteiger partial charge in [-0.25, -0.2) is 0 Å². The van der Waals surface area contributed by atoms with Crippen LogP contribution < -0.4 is 5.32 Å². The Bertz CT molecular complexity index is 266. The van der Waals surface area contributed by atoms with Gasteiger partial charge in [0.2, 0.25) is 0 Å². The third kappa shape index (κ3) is 5.54. The number of benzene rings is 1. The molecule has 0 saturated heterocycles. The van der Waals surface area contributed by atoms with Gasteiger partial charge >= 0.3 is 0 Å². The molecule has 90 valence electrons. The smallest absolute Gasteiger partial charge is 0.0431 e. The average molecular weight is 239 g/mol. The lowest BCUT2D eigenvalue weighted by atomic mass is 10.1. The summed E-state index contributed by atoms with van der Waals surface area (Å²) >= 11 is 1.89. The minimum absolute atomic E-state index is 0.308. The molecule has 0 aliphatic rings. The summed E-state index contributed by atoms with van der Waals surface area (Å²) in [6.07, 6.45) is 3.14. The highest BCUT2D eigenvalue weighted by atomic mass is 32.2. The highest BCUT2D eigenvalue weighted by Gasteiger charge is 2.06. The normalized spacial score (nSPS) is 12.6. The van der Waals surface area contributed by atoms with Gasteiger partial charge < -0.3 is 10.4 Å². The number of aliphatic hydroxyl groups excluding tert-OH is 1. The number of unbranched alkanes of at least 4 members (excludes halogenated alkanes) is 1. The van der Waals surface area contributed by atoms with Crippen molar-refractivity contribution in [2.75, 3.05) is 19.4 Å². The van der Waals surface area contributed by atoms with Crippen LogP contribution in [0.4, 0.5) is 0 Å². The van der Waals surface area contributed by atoms with Gasteiger partial charge in [0.15, 0.2) is 0 Å². The van der Waals surface area contributed by atoms with Crippen LogP contribution in [0.25, 0.3) is 0 Å². The molecule has 0 unspecified atom stereocenters. The van der Waals surface area contributed by atoms with Crippen LogP contribution in [0, 0.1) is 0 Å². The molecule has 1 aromatic carbocycles. The molecule has 0 amide bonds. The van der Waals surface area contributed by atoms with Gasteiger partial charge in [-0.1, -0.05) is 18.2 Å². The third-order valence-electron chi connectivity index (χ3n) is 2.56. The highest BCUT2D eigenvalue weighted by Crippen LogP contribution is 2.19. The number of hydrogen-bond donors (Lipinski definition) is 2. The average Bonchev–Trinajstić information content (AvgIpc) is 2.35. The first-order chi connectivity index (χ1) is 7.86. The van der Waals surface area contributed by atoms with Crippen molar-refractivity contribution in [1.29, 1.82) is 0 Å². The van der Waals surface area contributed by atoms with Crippen LogP contribution in [-0.2, 0) is 0 Å². The van der Waals surface area contributed by atoms with Crippen molar-refractivity contribution in [3.63, 3.8) is 0 Å². The molecular weight excluding hydrogens is 218 g/mol. The molecule has 16 heavy (non-hydrogen) atoms. The molecule has 0 saturated carbocycles. The predicted molar refractivity (Wildman–Crippen MR) is 71.0 cm³/mol. The fraction of sp³-hybridized carbons (Fsp3) is 0.538. The van der Waals surface area contributed by atoms with Crippen molar-refractivity contribution in [2.24, 2.45) is 0 Å². The zero-order valence-corrected chi connectivity index (χ0v) is 10.7. The number of thioether (sulfide) groups is 1. The second kappa shape index (κ2) is 8.62. The second-order valence-corrected chi connectivity index (χ2v) is 4.92. The summed E-state index contributed by atoms with van der Waals surface area (Å²) in [5.41, 5.74) is 0. The topological polar surface area (TPSA) is 32.3 Å². The molecule has 1 rings (SSSR count). The summed E-state index contributed by atoms with van der Waals surface area (Å²) in [5.74, 6) is 1.09. The largest absolute Gasteiger partial charge is 0.396 e. The Morgan fingerprint density at radius 2 is 2.00 bits per heavy atom. The van der Waals surface area contributed by atoms with E-state index in [1.54, 1.807) is 0 Å². The van der Waals surface area contributed by atoms with Gasteiger partial charge in [0, 0.05) is 23.3 Å². The van der Waals surface area contributed by atoms with Crippen molar-refractivity contribution < 1.29 is 5.11 Å². The molecule has 0 aliphatic heterocycles. The van der Waals surface area contributed by atoms with Gasteiger partial charge in [0.25, 0.3) is 0 Å². The number of nitrogens with one attached hydrogen (secondary N) is 1. The Balaban J connectivity index is 2.23. The van der Waals surface area contributed by atoms with Crippen LogP contribution >= 0.6 is 11.8 Å². The van der Waals surface area contributed by atoms with Gasteiger partial charge in [-0.3, -0.25) is 0 Å². The quantitative estimate of drug-likeness (QED) is 0.540. The van der Waals surface area contributed by atoms with Crippen LogP contribution in [0.15, 0.2) is 35.2 Å². The molecule has 1 aromatic rings. The van der Waals surface area contributed by atoms with Crippen LogP contribution in [-0.4, -0.2) is 30.6 Å². The van der Waals surface area contributed by atoms with Crippen molar-refractivity contribution in [1.82, 2.24) is 5.32 Å². The van der Waals surface area contributed by atoms with Gasteiger partial charge in [0.05, 0.1) is 0 Å². The molecule has 2 nitrogen and oxygen atoms in total. The van der Waals surface area contributed by atoms with E-state index in [1.165, 1.54) is 4.90 Å². The van der Waals surface area contributed by atoms with Crippen LogP contribution in [0.3, 0.4) is 0 Å². The predicted octanol–water partition coefficient (Wildman–Crippen LogP) is 2.53. The molecule has 0 radical (unpaired) electrons. The molecule has 2 N–H and O–H groups in total. The van der Waals surface area contributed by atoms with E-state index in [9.17, 15) is 0 Å². The van der Waals surface area contributed by atoms with Crippen LogP contribution in [0.5, 0.6) is 0 Å². The summed E-state index contributed by atoms with van der Waals surface area (Å²) in [6.45, 7) is 0.308. The standard InChI is InChI=1S/C13H21NOS/c1-14-12(7-5-6-10-15)11-16-13-8-3-2-4-9-13/h2-4,8-9,12,14-15H,5-7,10-11H2,1H3/t12-/m1/s1. The minimum atomic E-state index is 0.308. The van der Waals surface area contributed by atoms with E-state index >= 15 is 0 Å². The van der Waals surface area contributed by atoms with E-state index in [4.69, 9.17) is 5.11 Å². The number of aliphatic hydroxyl groups is 1. The Hall–Kier alpha value is -0.510. The lowest BCUT2D eigenvalue weighted by Gasteiger charge is -2.15. The van der Waals surface area contributed by atoms with Gasteiger partial charge in [-0.15, -0.1) is 11.8 Å². The van der Waals surface area contributed by atoms with E-state index in [2.05, 4.69) is 29.6 Å². The molecular formula is C13H21NOS. The maximum Gasteiger partial charge on any atom is 0.0431 e. The van der Waals surface area contributed by atoms with Gasteiger partial charge in [-0.05, 0) is 38.4 Å². The molecule has 3 heteroatoms. The zero-order valence-electron chi connectivity index (χ0n) is 9.86. The van der Waals surface area contributed by atoms with Crippen molar-refractivity contribution in [3.05, 3.63) is 30.3 Å². The zero-order chi connectivity index (χ0) is 11.6. The summed E-state index contributed by atoms with van der Waals surface area (Å²) in [7, 11) is 2.01. The summed E-state index contributed by atoms with van der Waals surface area (Å²) < 4.78 is 0. The van der Waals surface area contributed by atoms with E-state index in [-0.39, 0.29) is 0 Å². The number of hydrogen-bond acceptors (Lipinski definition) is 3. The van der Waals surface area contributed by atoms with E-state index in [0.717, 1.165) is 25.0 Å². The summed E-state index contributed by atoms with van der Waals surface area (Å²) in [5, 5.41) is 12.1. The minimum Gasteiger partial charge on any atom is -0.396 e. The van der Waals surface area contributed by atoms with E-state index in [0.29, 0.717) is 12.6 Å². The lowest BCUT2D eigenvalue weighted by molar-refractivity contribution is 0.280. The molecule has 0 heterocycles. The molecule has 0 aliphatic carbocycles. The van der Waals surface area contributed by atoms with Gasteiger partial charge in [-0.2, -0.15) is 0 Å². The SMILES string of the molecule is CN[C@H](CCCCO)CSc1ccccc1. The first kappa shape index (κ1) is 13.6. The maximum absolute atomic E-state index is 8.73. The Morgan fingerprint density at radius 3 is 2.62 bits per heavy atom. The van der Waals surface area contributed by atoms with Crippen LogP contribution in [0.1, 0.15) is 19.3 Å².